The van der Waals surface area contributed by atoms with Gasteiger partial charge in [-0.3, -0.25) is 0 Å². The molecule has 1 unspecified atom stereocenters. The molecular weight excluding hydrogens is 204 g/mol. The fourth-order valence-electron chi connectivity index (χ4n) is 1.39. The molecule has 0 aliphatic heterocycles. The predicted octanol–water partition coefficient (Wildman–Crippen LogP) is 2.63. The van der Waals surface area contributed by atoms with Gasteiger partial charge in [-0.1, -0.05) is 6.92 Å². The summed E-state index contributed by atoms with van der Waals surface area (Å²) >= 11 is 0. The SMILES string of the molecule is CCC(O)CCCOc1ccc(OC)cc1. The maximum Gasteiger partial charge on any atom is 0.119 e. The lowest BCUT2D eigenvalue weighted by Crippen LogP contribution is -2.07. The summed E-state index contributed by atoms with van der Waals surface area (Å²) in [4.78, 5) is 0. The van der Waals surface area contributed by atoms with Gasteiger partial charge in [-0.2, -0.15) is 0 Å². The van der Waals surface area contributed by atoms with Crippen LogP contribution in [0.4, 0.5) is 0 Å². The van der Waals surface area contributed by atoms with E-state index in [0.29, 0.717) is 6.61 Å². The number of aliphatic hydroxyl groups is 1. The van der Waals surface area contributed by atoms with Gasteiger partial charge in [-0.15, -0.1) is 0 Å². The van der Waals surface area contributed by atoms with Gasteiger partial charge in [0.2, 0.25) is 0 Å². The van der Waals surface area contributed by atoms with Crippen molar-refractivity contribution in [1.82, 2.24) is 0 Å². The highest BCUT2D eigenvalue weighted by atomic mass is 16.5. The van der Waals surface area contributed by atoms with Crippen LogP contribution in [0.2, 0.25) is 0 Å². The molecule has 0 aliphatic carbocycles. The lowest BCUT2D eigenvalue weighted by Gasteiger charge is -2.09. The molecule has 1 N–H and O–H groups in total. The second-order valence-electron chi connectivity index (χ2n) is 3.73. The Morgan fingerprint density at radius 3 is 2.38 bits per heavy atom. The summed E-state index contributed by atoms with van der Waals surface area (Å²) in [5.41, 5.74) is 0. The van der Waals surface area contributed by atoms with Crippen molar-refractivity contribution < 1.29 is 14.6 Å². The number of methoxy groups -OCH3 is 1. The first-order chi connectivity index (χ1) is 7.76. The molecule has 1 rings (SSSR count). The highest BCUT2D eigenvalue weighted by Crippen LogP contribution is 2.17. The lowest BCUT2D eigenvalue weighted by atomic mass is 10.1. The van der Waals surface area contributed by atoms with E-state index in [0.717, 1.165) is 30.8 Å². The molecule has 1 aromatic carbocycles. The Kier molecular flexibility index (Phi) is 5.72. The molecule has 0 heterocycles. The first-order valence-electron chi connectivity index (χ1n) is 5.71. The van der Waals surface area contributed by atoms with Gasteiger partial charge >= 0.3 is 0 Å². The Labute approximate surface area is 97.0 Å². The predicted molar refractivity (Wildman–Crippen MR) is 64.0 cm³/mol. The summed E-state index contributed by atoms with van der Waals surface area (Å²) in [6.45, 7) is 2.62. The van der Waals surface area contributed by atoms with Crippen molar-refractivity contribution >= 4 is 0 Å². The molecule has 3 heteroatoms. The minimum Gasteiger partial charge on any atom is -0.497 e. The minimum absolute atomic E-state index is 0.195. The van der Waals surface area contributed by atoms with Crippen LogP contribution in [0.1, 0.15) is 26.2 Å². The van der Waals surface area contributed by atoms with Gasteiger partial charge in [-0.25, -0.2) is 0 Å². The van der Waals surface area contributed by atoms with E-state index in [-0.39, 0.29) is 6.10 Å². The molecular formula is C13H20O3. The Bertz CT molecular complexity index is 282. The molecule has 0 spiro atoms. The number of rotatable bonds is 7. The van der Waals surface area contributed by atoms with Crippen LogP contribution >= 0.6 is 0 Å². The third-order valence-corrected chi connectivity index (χ3v) is 2.48. The topological polar surface area (TPSA) is 38.7 Å². The normalized spacial score (nSPS) is 12.2. The van der Waals surface area contributed by atoms with Gasteiger partial charge in [0.1, 0.15) is 11.5 Å². The second-order valence-corrected chi connectivity index (χ2v) is 3.73. The Morgan fingerprint density at radius 2 is 1.81 bits per heavy atom. The maximum absolute atomic E-state index is 9.35. The fraction of sp³-hybridized carbons (Fsp3) is 0.538. The van der Waals surface area contributed by atoms with Crippen LogP contribution in [0.25, 0.3) is 0 Å². The van der Waals surface area contributed by atoms with Crippen molar-refractivity contribution in [3.63, 3.8) is 0 Å². The highest BCUT2D eigenvalue weighted by Gasteiger charge is 2.00. The summed E-state index contributed by atoms with van der Waals surface area (Å²) in [7, 11) is 1.64. The molecule has 0 bridgehead atoms. The number of hydrogen-bond donors (Lipinski definition) is 1. The van der Waals surface area contributed by atoms with Crippen molar-refractivity contribution in [1.29, 1.82) is 0 Å². The first kappa shape index (κ1) is 12.8. The molecule has 0 saturated carbocycles. The molecule has 0 amide bonds. The van der Waals surface area contributed by atoms with E-state index in [1.165, 1.54) is 0 Å². The van der Waals surface area contributed by atoms with Crippen molar-refractivity contribution in [3.05, 3.63) is 24.3 Å². The summed E-state index contributed by atoms with van der Waals surface area (Å²) in [6.07, 6.45) is 2.29. The highest BCUT2D eigenvalue weighted by molar-refractivity contribution is 5.31. The minimum atomic E-state index is -0.195. The molecule has 0 aliphatic rings. The molecule has 0 radical (unpaired) electrons. The fourth-order valence-corrected chi connectivity index (χ4v) is 1.39. The van der Waals surface area contributed by atoms with Crippen LogP contribution in [0.15, 0.2) is 24.3 Å². The molecule has 0 saturated heterocycles. The third-order valence-electron chi connectivity index (χ3n) is 2.48. The summed E-state index contributed by atoms with van der Waals surface area (Å²) in [6, 6.07) is 7.51. The van der Waals surface area contributed by atoms with Crippen molar-refractivity contribution in [2.24, 2.45) is 0 Å². The van der Waals surface area contributed by atoms with E-state index < -0.39 is 0 Å². The Morgan fingerprint density at radius 1 is 1.19 bits per heavy atom. The monoisotopic (exact) mass is 224 g/mol. The maximum atomic E-state index is 9.35. The van der Waals surface area contributed by atoms with E-state index in [2.05, 4.69) is 0 Å². The quantitative estimate of drug-likeness (QED) is 0.724. The van der Waals surface area contributed by atoms with E-state index in [9.17, 15) is 5.11 Å². The summed E-state index contributed by atoms with van der Waals surface area (Å²) in [5.74, 6) is 1.67. The molecule has 0 aromatic heterocycles. The van der Waals surface area contributed by atoms with Gasteiger partial charge in [0.25, 0.3) is 0 Å². The van der Waals surface area contributed by atoms with Gasteiger partial charge in [0.05, 0.1) is 19.8 Å². The standard InChI is InChI=1S/C13H20O3/c1-3-11(14)5-4-10-16-13-8-6-12(15-2)7-9-13/h6-9,11,14H,3-5,10H2,1-2H3. The van der Waals surface area contributed by atoms with Gasteiger partial charge in [-0.05, 0) is 43.5 Å². The number of ether oxygens (including phenoxy) is 2. The smallest absolute Gasteiger partial charge is 0.119 e. The summed E-state index contributed by atoms with van der Waals surface area (Å²) in [5, 5.41) is 9.35. The molecule has 90 valence electrons. The van der Waals surface area contributed by atoms with E-state index in [4.69, 9.17) is 9.47 Å². The van der Waals surface area contributed by atoms with Crippen molar-refractivity contribution in [2.45, 2.75) is 32.3 Å². The second kappa shape index (κ2) is 7.12. The largest absolute Gasteiger partial charge is 0.497 e. The lowest BCUT2D eigenvalue weighted by molar-refractivity contribution is 0.149. The average Bonchev–Trinajstić information content (AvgIpc) is 2.35. The molecule has 1 atom stereocenters. The Balaban J connectivity index is 2.21. The first-order valence-corrected chi connectivity index (χ1v) is 5.71. The van der Waals surface area contributed by atoms with Crippen LogP contribution < -0.4 is 9.47 Å². The Hall–Kier alpha value is -1.22. The van der Waals surface area contributed by atoms with E-state index in [1.54, 1.807) is 7.11 Å². The van der Waals surface area contributed by atoms with Crippen LogP contribution in [0, 0.1) is 0 Å². The van der Waals surface area contributed by atoms with Gasteiger partial charge in [0, 0.05) is 0 Å². The number of benzene rings is 1. The molecule has 3 nitrogen and oxygen atoms in total. The van der Waals surface area contributed by atoms with E-state index in [1.807, 2.05) is 31.2 Å². The zero-order valence-corrected chi connectivity index (χ0v) is 9.98. The zero-order chi connectivity index (χ0) is 11.8. The zero-order valence-electron chi connectivity index (χ0n) is 9.98. The number of hydrogen-bond acceptors (Lipinski definition) is 3. The van der Waals surface area contributed by atoms with E-state index >= 15 is 0 Å². The van der Waals surface area contributed by atoms with Gasteiger partial charge in [0.15, 0.2) is 0 Å². The van der Waals surface area contributed by atoms with Gasteiger partial charge < -0.3 is 14.6 Å². The molecule has 0 fully saturated rings. The number of aliphatic hydroxyl groups excluding tert-OH is 1. The average molecular weight is 224 g/mol. The van der Waals surface area contributed by atoms with Crippen LogP contribution in [-0.2, 0) is 0 Å². The summed E-state index contributed by atoms with van der Waals surface area (Å²) < 4.78 is 10.6. The van der Waals surface area contributed by atoms with Crippen molar-refractivity contribution in [3.8, 4) is 11.5 Å². The van der Waals surface area contributed by atoms with Crippen LogP contribution in [-0.4, -0.2) is 24.9 Å². The van der Waals surface area contributed by atoms with Crippen LogP contribution in [0.3, 0.4) is 0 Å². The third kappa shape index (κ3) is 4.53. The molecule has 1 aromatic rings. The molecule has 16 heavy (non-hydrogen) atoms. The van der Waals surface area contributed by atoms with Crippen molar-refractivity contribution in [2.75, 3.05) is 13.7 Å². The van der Waals surface area contributed by atoms with Crippen LogP contribution in [0.5, 0.6) is 11.5 Å².